The lowest BCUT2D eigenvalue weighted by molar-refractivity contribution is 0.0920. The predicted molar refractivity (Wildman–Crippen MR) is 64.9 cm³/mol. The minimum absolute atomic E-state index is 0.495. The van der Waals surface area contributed by atoms with Gasteiger partial charge in [-0.05, 0) is 12.1 Å². The minimum Gasteiger partial charge on any atom is -0.377 e. The van der Waals surface area contributed by atoms with Crippen LogP contribution >= 0.6 is 0 Å². The molecule has 2 N–H and O–H groups in total. The van der Waals surface area contributed by atoms with Crippen molar-refractivity contribution in [3.05, 3.63) is 35.9 Å². The van der Waals surface area contributed by atoms with Crippen LogP contribution < -0.4 is 5.73 Å². The van der Waals surface area contributed by atoms with Crippen molar-refractivity contribution in [3.8, 4) is 0 Å². The molecule has 0 atom stereocenters. The van der Waals surface area contributed by atoms with Crippen LogP contribution in [0.25, 0.3) is 0 Å². The van der Waals surface area contributed by atoms with Crippen molar-refractivity contribution in [3.63, 3.8) is 0 Å². The molecule has 0 bridgehead atoms. The average Bonchev–Trinajstić information content (AvgIpc) is 2.36. The van der Waals surface area contributed by atoms with Gasteiger partial charge >= 0.3 is 8.80 Å². The zero-order valence-electron chi connectivity index (χ0n) is 9.81. The summed E-state index contributed by atoms with van der Waals surface area (Å²) >= 11 is 0. The number of rotatable bonds is 7. The molecule has 0 heterocycles. The highest BCUT2D eigenvalue weighted by atomic mass is 28.4. The molecule has 1 aromatic rings. The van der Waals surface area contributed by atoms with Gasteiger partial charge in [0.05, 0.1) is 6.61 Å². The van der Waals surface area contributed by atoms with Gasteiger partial charge in [-0.3, -0.25) is 0 Å². The summed E-state index contributed by atoms with van der Waals surface area (Å²) < 4.78 is 16.5. The second-order valence-corrected chi connectivity index (χ2v) is 6.38. The zero-order chi connectivity index (χ0) is 11.9. The van der Waals surface area contributed by atoms with Crippen molar-refractivity contribution in [1.82, 2.24) is 0 Å². The van der Waals surface area contributed by atoms with Crippen LogP contribution in [0.1, 0.15) is 5.56 Å². The molecule has 4 nitrogen and oxygen atoms in total. The summed E-state index contributed by atoms with van der Waals surface area (Å²) in [5, 5.41) is 0. The summed E-state index contributed by atoms with van der Waals surface area (Å²) in [6, 6.07) is 10.6. The van der Waals surface area contributed by atoms with Gasteiger partial charge in [0.1, 0.15) is 0 Å². The molecule has 5 heteroatoms. The third-order valence-electron chi connectivity index (χ3n) is 2.37. The fourth-order valence-electron chi connectivity index (χ4n) is 1.42. The van der Waals surface area contributed by atoms with E-state index in [0.717, 1.165) is 5.56 Å². The zero-order valence-corrected chi connectivity index (χ0v) is 10.8. The van der Waals surface area contributed by atoms with E-state index in [1.807, 2.05) is 30.3 Å². The normalized spacial score (nSPS) is 11.7. The Morgan fingerprint density at radius 2 is 1.75 bits per heavy atom. The summed E-state index contributed by atoms with van der Waals surface area (Å²) in [4.78, 5) is 0. The Morgan fingerprint density at radius 1 is 1.12 bits per heavy atom. The number of hydrogen-bond donors (Lipinski definition) is 1. The molecule has 0 aliphatic heterocycles. The topological polar surface area (TPSA) is 53.7 Å². The monoisotopic (exact) mass is 241 g/mol. The molecule has 16 heavy (non-hydrogen) atoms. The molecule has 90 valence electrons. The second-order valence-electron chi connectivity index (χ2n) is 3.40. The summed E-state index contributed by atoms with van der Waals surface area (Å²) in [5.74, 6) is 0. The van der Waals surface area contributed by atoms with E-state index in [0.29, 0.717) is 19.2 Å². The quantitative estimate of drug-likeness (QED) is 0.733. The van der Waals surface area contributed by atoms with Gasteiger partial charge < -0.3 is 19.0 Å². The first-order valence-electron chi connectivity index (χ1n) is 5.24. The Hall–Kier alpha value is -0.723. The van der Waals surface area contributed by atoms with E-state index in [4.69, 9.17) is 19.0 Å². The fourth-order valence-corrected chi connectivity index (χ4v) is 3.12. The molecule has 0 fully saturated rings. The third kappa shape index (κ3) is 3.69. The predicted octanol–water partition coefficient (Wildman–Crippen LogP) is 1.39. The molecular weight excluding hydrogens is 222 g/mol. The van der Waals surface area contributed by atoms with E-state index in [1.54, 1.807) is 14.2 Å². The largest absolute Gasteiger partial charge is 0.502 e. The maximum absolute atomic E-state index is 5.77. The fraction of sp³-hybridized carbons (Fsp3) is 0.455. The highest BCUT2D eigenvalue weighted by Gasteiger charge is 2.37. The van der Waals surface area contributed by atoms with E-state index in [1.165, 1.54) is 0 Å². The highest BCUT2D eigenvalue weighted by Crippen LogP contribution is 2.15. The third-order valence-corrected chi connectivity index (χ3v) is 5.10. The van der Waals surface area contributed by atoms with E-state index in [-0.39, 0.29) is 0 Å². The summed E-state index contributed by atoms with van der Waals surface area (Å²) in [6.07, 6.45) is 0. The first kappa shape index (κ1) is 13.3. The van der Waals surface area contributed by atoms with Gasteiger partial charge in [0.25, 0.3) is 0 Å². The lowest BCUT2D eigenvalue weighted by Gasteiger charge is -2.25. The van der Waals surface area contributed by atoms with Crippen LogP contribution in [0.2, 0.25) is 6.04 Å². The van der Waals surface area contributed by atoms with Crippen molar-refractivity contribution in [2.45, 2.75) is 12.7 Å². The van der Waals surface area contributed by atoms with Crippen LogP contribution in [0, 0.1) is 0 Å². The molecule has 0 aromatic heterocycles. The Morgan fingerprint density at radius 3 is 2.25 bits per heavy atom. The van der Waals surface area contributed by atoms with E-state index >= 15 is 0 Å². The first-order valence-corrected chi connectivity index (χ1v) is 7.18. The Balaban J connectivity index is 2.56. The first-order chi connectivity index (χ1) is 7.76. The Bertz CT molecular complexity index is 291. The Labute approximate surface area is 97.7 Å². The summed E-state index contributed by atoms with van der Waals surface area (Å²) in [7, 11) is 0.664. The molecule has 0 aliphatic carbocycles. The second kappa shape index (κ2) is 6.77. The van der Waals surface area contributed by atoms with Crippen molar-refractivity contribution in [1.29, 1.82) is 0 Å². The molecule has 0 unspecified atom stereocenters. The van der Waals surface area contributed by atoms with Crippen molar-refractivity contribution < 1.29 is 13.3 Å². The van der Waals surface area contributed by atoms with E-state index in [9.17, 15) is 0 Å². The van der Waals surface area contributed by atoms with Crippen molar-refractivity contribution >= 4 is 8.80 Å². The highest BCUT2D eigenvalue weighted by molar-refractivity contribution is 6.60. The lowest BCUT2D eigenvalue weighted by Crippen LogP contribution is -2.45. The van der Waals surface area contributed by atoms with Crippen LogP contribution in [0.4, 0.5) is 0 Å². The summed E-state index contributed by atoms with van der Waals surface area (Å²) in [5.41, 5.74) is 6.63. The molecule has 0 radical (unpaired) electrons. The SMILES string of the molecule is CO[Si](CCN)(OC)OCc1ccccc1. The maximum Gasteiger partial charge on any atom is 0.502 e. The molecular formula is C11H19NO3Si. The average molecular weight is 241 g/mol. The van der Waals surface area contributed by atoms with Crippen LogP contribution in [0.5, 0.6) is 0 Å². The molecule has 0 spiro atoms. The van der Waals surface area contributed by atoms with Crippen LogP contribution in [0.15, 0.2) is 30.3 Å². The van der Waals surface area contributed by atoms with Gasteiger partial charge in [-0.1, -0.05) is 30.3 Å². The van der Waals surface area contributed by atoms with E-state index < -0.39 is 8.80 Å². The molecule has 1 rings (SSSR count). The lowest BCUT2D eigenvalue weighted by atomic mass is 10.2. The smallest absolute Gasteiger partial charge is 0.377 e. The summed E-state index contributed by atoms with van der Waals surface area (Å²) in [6.45, 7) is 0.997. The molecule has 1 aromatic carbocycles. The number of hydrogen-bond acceptors (Lipinski definition) is 4. The molecule has 0 saturated carbocycles. The molecule has 0 amide bonds. The number of benzene rings is 1. The minimum atomic E-state index is -2.55. The Kier molecular flexibility index (Phi) is 5.65. The van der Waals surface area contributed by atoms with Crippen LogP contribution in [-0.2, 0) is 19.9 Å². The number of nitrogens with two attached hydrogens (primary N) is 1. The van der Waals surface area contributed by atoms with Gasteiger partial charge in [-0.25, -0.2) is 0 Å². The van der Waals surface area contributed by atoms with E-state index in [2.05, 4.69) is 0 Å². The van der Waals surface area contributed by atoms with Crippen molar-refractivity contribution in [2.75, 3.05) is 20.8 Å². The van der Waals surface area contributed by atoms with Crippen molar-refractivity contribution in [2.24, 2.45) is 5.73 Å². The molecule has 0 saturated heterocycles. The van der Waals surface area contributed by atoms with Gasteiger partial charge in [0, 0.05) is 20.3 Å². The molecule has 0 aliphatic rings. The van der Waals surface area contributed by atoms with Gasteiger partial charge in [0.15, 0.2) is 0 Å². The maximum atomic E-state index is 5.77. The van der Waals surface area contributed by atoms with Gasteiger partial charge in [-0.15, -0.1) is 0 Å². The van der Waals surface area contributed by atoms with Crippen LogP contribution in [-0.4, -0.2) is 29.6 Å². The van der Waals surface area contributed by atoms with Gasteiger partial charge in [-0.2, -0.15) is 0 Å². The van der Waals surface area contributed by atoms with Crippen LogP contribution in [0.3, 0.4) is 0 Å². The standard InChI is InChI=1S/C11H19NO3Si/c1-13-16(14-2,9-8-12)15-10-11-6-4-3-5-7-11/h3-7H,8-10,12H2,1-2H3. The van der Waals surface area contributed by atoms with Gasteiger partial charge in [0.2, 0.25) is 0 Å².